The van der Waals surface area contributed by atoms with Crippen LogP contribution in [0, 0.1) is 0 Å². The molecule has 3 N–H and O–H groups in total. The highest BCUT2D eigenvalue weighted by Gasteiger charge is 2.24. The van der Waals surface area contributed by atoms with E-state index in [0.29, 0.717) is 30.9 Å². The summed E-state index contributed by atoms with van der Waals surface area (Å²) in [6.45, 7) is 7.50. The van der Waals surface area contributed by atoms with Crippen molar-refractivity contribution in [3.05, 3.63) is 65.7 Å². The minimum atomic E-state index is -0.530. The first-order valence-electron chi connectivity index (χ1n) is 11.6. The Morgan fingerprint density at radius 2 is 1.62 bits per heavy atom. The van der Waals surface area contributed by atoms with Gasteiger partial charge in [0.1, 0.15) is 5.60 Å². The summed E-state index contributed by atoms with van der Waals surface area (Å²) < 4.78 is 5.31. The fourth-order valence-electron chi connectivity index (χ4n) is 3.77. The number of nitrogens with zero attached hydrogens (tertiary/aromatic N) is 1. The summed E-state index contributed by atoms with van der Waals surface area (Å²) in [5.74, 6) is -0.421. The smallest absolute Gasteiger partial charge is 0.407 e. The van der Waals surface area contributed by atoms with Crippen LogP contribution in [-0.2, 0) is 16.1 Å². The van der Waals surface area contributed by atoms with Gasteiger partial charge in [-0.1, -0.05) is 42.5 Å². The van der Waals surface area contributed by atoms with Crippen LogP contribution in [0.25, 0.3) is 0 Å². The van der Waals surface area contributed by atoms with Crippen LogP contribution in [0.3, 0.4) is 0 Å². The van der Waals surface area contributed by atoms with Crippen molar-refractivity contribution in [3.8, 4) is 0 Å². The number of carbonyl (C=O) groups is 3. The first-order chi connectivity index (χ1) is 16.2. The van der Waals surface area contributed by atoms with Crippen LogP contribution in [-0.4, -0.2) is 54.1 Å². The molecule has 34 heavy (non-hydrogen) atoms. The number of hydrogen-bond donors (Lipinski definition) is 3. The molecule has 0 aromatic heterocycles. The highest BCUT2D eigenvalue weighted by Crippen LogP contribution is 2.17. The van der Waals surface area contributed by atoms with Crippen LogP contribution in [0.2, 0.25) is 0 Å². The summed E-state index contributed by atoms with van der Waals surface area (Å²) in [5.41, 5.74) is 1.38. The maximum absolute atomic E-state index is 12.7. The number of amides is 3. The van der Waals surface area contributed by atoms with Gasteiger partial charge in [-0.15, -0.1) is 0 Å². The van der Waals surface area contributed by atoms with Crippen LogP contribution in [0.15, 0.2) is 54.6 Å². The van der Waals surface area contributed by atoms with Crippen molar-refractivity contribution in [2.24, 2.45) is 0 Å². The second-order valence-electron chi connectivity index (χ2n) is 9.46. The average Bonchev–Trinajstić information content (AvgIpc) is 2.78. The predicted octanol–water partition coefficient (Wildman–Crippen LogP) is 3.54. The average molecular weight is 467 g/mol. The maximum Gasteiger partial charge on any atom is 0.407 e. The van der Waals surface area contributed by atoms with Gasteiger partial charge >= 0.3 is 6.09 Å². The van der Waals surface area contributed by atoms with E-state index >= 15 is 0 Å². The molecule has 182 valence electrons. The van der Waals surface area contributed by atoms with Crippen LogP contribution in [0.4, 0.5) is 10.5 Å². The minimum absolute atomic E-state index is 0.0307. The molecule has 1 saturated heterocycles. The molecule has 0 aliphatic carbocycles. The first-order valence-corrected chi connectivity index (χ1v) is 11.6. The molecule has 0 radical (unpaired) electrons. The van der Waals surface area contributed by atoms with Crippen molar-refractivity contribution in [1.82, 2.24) is 15.5 Å². The van der Waals surface area contributed by atoms with Crippen LogP contribution in [0.1, 0.15) is 49.5 Å². The third-order valence-corrected chi connectivity index (χ3v) is 5.42. The molecular weight excluding hydrogens is 432 g/mol. The molecule has 0 bridgehead atoms. The number of benzene rings is 2. The third-order valence-electron chi connectivity index (χ3n) is 5.42. The Hall–Kier alpha value is -3.39. The van der Waals surface area contributed by atoms with Gasteiger partial charge < -0.3 is 20.7 Å². The number of hydrogen-bond acceptors (Lipinski definition) is 5. The maximum atomic E-state index is 12.7. The van der Waals surface area contributed by atoms with Crippen molar-refractivity contribution >= 4 is 23.6 Å². The molecule has 0 spiro atoms. The Morgan fingerprint density at radius 3 is 2.29 bits per heavy atom. The van der Waals surface area contributed by atoms with E-state index < -0.39 is 11.7 Å². The van der Waals surface area contributed by atoms with Gasteiger partial charge in [0.2, 0.25) is 5.91 Å². The van der Waals surface area contributed by atoms with Crippen molar-refractivity contribution < 1.29 is 19.1 Å². The van der Waals surface area contributed by atoms with Gasteiger partial charge in [-0.2, -0.15) is 0 Å². The number of anilines is 1. The fourth-order valence-corrected chi connectivity index (χ4v) is 3.77. The monoisotopic (exact) mass is 466 g/mol. The lowest BCUT2D eigenvalue weighted by molar-refractivity contribution is -0.117. The first kappa shape index (κ1) is 25.2. The summed E-state index contributed by atoms with van der Waals surface area (Å²) >= 11 is 0. The molecule has 8 nitrogen and oxygen atoms in total. The standard InChI is InChI=1S/C26H34N4O4/c1-26(2,3)34-25(33)28-20-13-15-30(16-14-20)18-23(31)29-22-12-8-7-11-21(22)24(32)27-17-19-9-5-4-6-10-19/h4-12,20H,13-18H2,1-3H3,(H,27,32)(H,28,33)(H,29,31). The normalized spacial score (nSPS) is 14.8. The van der Waals surface area contributed by atoms with Gasteiger partial charge in [-0.05, 0) is 51.3 Å². The number of rotatable bonds is 7. The van der Waals surface area contributed by atoms with Crippen LogP contribution < -0.4 is 16.0 Å². The van der Waals surface area contributed by atoms with E-state index in [0.717, 1.165) is 18.4 Å². The molecule has 1 aliphatic heterocycles. The molecule has 1 aliphatic rings. The zero-order valence-corrected chi connectivity index (χ0v) is 20.1. The molecule has 2 aromatic rings. The highest BCUT2D eigenvalue weighted by atomic mass is 16.6. The van der Waals surface area contributed by atoms with Gasteiger partial charge in [0, 0.05) is 25.7 Å². The largest absolute Gasteiger partial charge is 0.444 e. The van der Waals surface area contributed by atoms with Gasteiger partial charge in [-0.3, -0.25) is 14.5 Å². The van der Waals surface area contributed by atoms with E-state index in [1.54, 1.807) is 24.3 Å². The molecule has 1 heterocycles. The van der Waals surface area contributed by atoms with Crippen molar-refractivity contribution in [2.75, 3.05) is 25.0 Å². The topological polar surface area (TPSA) is 99.8 Å². The number of alkyl carbamates (subject to hydrolysis) is 1. The number of carbonyl (C=O) groups excluding carboxylic acids is 3. The molecule has 2 aromatic carbocycles. The minimum Gasteiger partial charge on any atom is -0.444 e. The van der Waals surface area contributed by atoms with Gasteiger partial charge in [-0.25, -0.2) is 4.79 Å². The van der Waals surface area contributed by atoms with E-state index in [1.807, 2.05) is 56.0 Å². The summed E-state index contributed by atoms with van der Waals surface area (Å²) in [6.07, 6.45) is 1.07. The Bertz CT molecular complexity index is 980. The molecular formula is C26H34N4O4. The summed E-state index contributed by atoms with van der Waals surface area (Å²) in [7, 11) is 0. The molecule has 3 amide bonds. The van der Waals surface area contributed by atoms with Gasteiger partial charge in [0.15, 0.2) is 0 Å². The number of likely N-dealkylation sites (tertiary alicyclic amines) is 1. The summed E-state index contributed by atoms with van der Waals surface area (Å²) in [6, 6.07) is 16.7. The molecule has 0 atom stereocenters. The third kappa shape index (κ3) is 8.19. The number of piperidine rings is 1. The Kier molecular flexibility index (Phi) is 8.65. The number of nitrogens with one attached hydrogen (secondary N) is 3. The fraction of sp³-hybridized carbons (Fsp3) is 0.423. The highest BCUT2D eigenvalue weighted by molar-refractivity contribution is 6.04. The van der Waals surface area contributed by atoms with E-state index in [4.69, 9.17) is 4.74 Å². The summed E-state index contributed by atoms with van der Waals surface area (Å²) in [4.78, 5) is 39.4. The summed E-state index contributed by atoms with van der Waals surface area (Å²) in [5, 5.41) is 8.67. The Morgan fingerprint density at radius 1 is 0.971 bits per heavy atom. The number of para-hydroxylation sites is 1. The lowest BCUT2D eigenvalue weighted by Crippen LogP contribution is -2.47. The van der Waals surface area contributed by atoms with Crippen molar-refractivity contribution in [1.29, 1.82) is 0 Å². The lowest BCUT2D eigenvalue weighted by atomic mass is 10.1. The second kappa shape index (κ2) is 11.7. The van der Waals surface area contributed by atoms with Crippen LogP contribution in [0.5, 0.6) is 0 Å². The van der Waals surface area contributed by atoms with E-state index in [1.165, 1.54) is 0 Å². The second-order valence-corrected chi connectivity index (χ2v) is 9.46. The van der Waals surface area contributed by atoms with E-state index in [9.17, 15) is 14.4 Å². The van der Waals surface area contributed by atoms with Crippen molar-refractivity contribution in [2.45, 2.75) is 51.8 Å². The van der Waals surface area contributed by atoms with Gasteiger partial charge in [0.25, 0.3) is 5.91 Å². The Labute approximate surface area is 201 Å². The van der Waals surface area contributed by atoms with Gasteiger partial charge in [0.05, 0.1) is 17.8 Å². The van der Waals surface area contributed by atoms with E-state index in [2.05, 4.69) is 16.0 Å². The molecule has 0 saturated carbocycles. The van der Waals surface area contributed by atoms with E-state index in [-0.39, 0.29) is 24.4 Å². The Balaban J connectivity index is 1.46. The molecule has 3 rings (SSSR count). The molecule has 0 unspecified atom stereocenters. The van der Waals surface area contributed by atoms with Crippen molar-refractivity contribution in [3.63, 3.8) is 0 Å². The quantitative estimate of drug-likeness (QED) is 0.580. The molecule has 8 heteroatoms. The molecule has 1 fully saturated rings. The zero-order valence-electron chi connectivity index (χ0n) is 20.1. The number of ether oxygens (including phenoxy) is 1. The SMILES string of the molecule is CC(C)(C)OC(=O)NC1CCN(CC(=O)Nc2ccccc2C(=O)NCc2ccccc2)CC1. The lowest BCUT2D eigenvalue weighted by Gasteiger charge is -2.32. The van der Waals surface area contributed by atoms with Crippen LogP contribution >= 0.6 is 0 Å². The predicted molar refractivity (Wildman–Crippen MR) is 132 cm³/mol. The zero-order chi connectivity index (χ0) is 24.6.